The maximum absolute atomic E-state index is 13.3. The van der Waals surface area contributed by atoms with E-state index in [1.54, 1.807) is 18.2 Å². The Labute approximate surface area is 203 Å². The molecule has 3 fully saturated rings. The van der Waals surface area contributed by atoms with Gasteiger partial charge in [-0.25, -0.2) is 13.2 Å². The normalized spacial score (nSPS) is 22.3. The maximum atomic E-state index is 13.3. The van der Waals surface area contributed by atoms with Crippen LogP contribution < -0.4 is 10.1 Å². The molecule has 1 aromatic carbocycles. The van der Waals surface area contributed by atoms with Crippen LogP contribution in [0.4, 0.5) is 4.79 Å². The average molecular weight is 495 g/mol. The van der Waals surface area contributed by atoms with Crippen LogP contribution in [-0.2, 0) is 10.0 Å². The van der Waals surface area contributed by atoms with Gasteiger partial charge >= 0.3 is 6.09 Å². The highest BCUT2D eigenvalue weighted by Crippen LogP contribution is 2.29. The lowest BCUT2D eigenvalue weighted by atomic mass is 9.98. The summed E-state index contributed by atoms with van der Waals surface area (Å²) in [6, 6.07) is 7.24. The van der Waals surface area contributed by atoms with Crippen molar-refractivity contribution in [3.63, 3.8) is 0 Å². The second-order valence-corrected chi connectivity index (χ2v) is 12.5. The van der Waals surface area contributed by atoms with Crippen molar-refractivity contribution in [2.45, 2.75) is 75.1 Å². The Morgan fingerprint density at radius 3 is 2.26 bits per heavy atom. The summed E-state index contributed by atoms with van der Waals surface area (Å²) in [5, 5.41) is 13.0. The third kappa shape index (κ3) is 5.50. The number of ether oxygens (including phenoxy) is 1. The Hall–Kier alpha value is -1.88. The number of benzene rings is 1. The number of amides is 1. The predicted octanol–water partition coefficient (Wildman–Crippen LogP) is 2.43. The number of sulfonamides is 1. The highest BCUT2D eigenvalue weighted by molar-refractivity contribution is 7.89. The number of hydrogen-bond acceptors (Lipinski definition) is 6. The lowest BCUT2D eigenvalue weighted by Gasteiger charge is -2.43. The van der Waals surface area contributed by atoms with Crippen molar-refractivity contribution in [1.82, 2.24) is 19.4 Å². The van der Waals surface area contributed by atoms with Gasteiger partial charge in [0.1, 0.15) is 11.9 Å². The minimum absolute atomic E-state index is 0.0948. The van der Waals surface area contributed by atoms with Gasteiger partial charge in [0.25, 0.3) is 0 Å². The van der Waals surface area contributed by atoms with Gasteiger partial charge in [-0.1, -0.05) is 6.07 Å². The molecular weight excluding hydrogens is 456 g/mol. The van der Waals surface area contributed by atoms with Gasteiger partial charge in [0.05, 0.1) is 4.90 Å². The largest absolute Gasteiger partial charge is 0.490 e. The van der Waals surface area contributed by atoms with Crippen molar-refractivity contribution in [2.24, 2.45) is 0 Å². The summed E-state index contributed by atoms with van der Waals surface area (Å²) in [6.45, 7) is 10.3. The Bertz CT molecular complexity index is 960. The number of rotatable bonds is 6. The zero-order chi connectivity index (χ0) is 24.5. The van der Waals surface area contributed by atoms with Crippen molar-refractivity contribution < 1.29 is 23.1 Å². The van der Waals surface area contributed by atoms with E-state index in [1.807, 2.05) is 26.8 Å². The van der Waals surface area contributed by atoms with E-state index in [4.69, 9.17) is 4.74 Å². The first-order chi connectivity index (χ1) is 16.1. The molecule has 3 aliphatic heterocycles. The smallest absolute Gasteiger partial charge is 0.407 e. The van der Waals surface area contributed by atoms with Gasteiger partial charge in [-0.05, 0) is 58.6 Å². The van der Waals surface area contributed by atoms with Gasteiger partial charge in [-0.2, -0.15) is 4.31 Å². The van der Waals surface area contributed by atoms with Crippen LogP contribution in [0.15, 0.2) is 29.2 Å². The van der Waals surface area contributed by atoms with Crippen LogP contribution in [0.25, 0.3) is 0 Å². The number of piperidine rings is 2. The molecule has 1 amide bonds. The molecule has 3 aliphatic rings. The Morgan fingerprint density at radius 2 is 1.74 bits per heavy atom. The zero-order valence-corrected chi connectivity index (χ0v) is 21.3. The Kier molecular flexibility index (Phi) is 7.42. The van der Waals surface area contributed by atoms with Gasteiger partial charge in [0.2, 0.25) is 10.0 Å². The molecule has 0 aromatic heterocycles. The van der Waals surface area contributed by atoms with Gasteiger partial charge < -0.3 is 20.1 Å². The standard InChI is InChI=1S/C24H38N4O5S/c1-24(2,3)28(23(29)30)18-7-13-27(14-8-18)34(31,32)22-6-4-5-21(15-22)33-20-9-11-26(12-10-20)19-16-25-17-19/h4-6,15,18-20,25H,7-14,16-17H2,1-3H3,(H,29,30). The van der Waals surface area contributed by atoms with E-state index >= 15 is 0 Å². The van der Waals surface area contributed by atoms with Gasteiger partial charge in [0.15, 0.2) is 0 Å². The first kappa shape index (κ1) is 25.2. The number of carbonyl (C=O) groups is 1. The molecule has 4 rings (SSSR count). The number of nitrogens with one attached hydrogen (secondary N) is 1. The van der Waals surface area contributed by atoms with E-state index < -0.39 is 21.7 Å². The number of carboxylic acid groups (broad SMARTS) is 1. The van der Waals surface area contributed by atoms with Crippen molar-refractivity contribution in [2.75, 3.05) is 39.3 Å². The van der Waals surface area contributed by atoms with Crippen LogP contribution in [0.1, 0.15) is 46.5 Å². The third-order valence-electron chi connectivity index (χ3n) is 7.22. The van der Waals surface area contributed by atoms with E-state index in [-0.39, 0.29) is 17.0 Å². The maximum Gasteiger partial charge on any atom is 0.407 e. The van der Waals surface area contributed by atoms with Crippen molar-refractivity contribution in [3.05, 3.63) is 24.3 Å². The van der Waals surface area contributed by atoms with Crippen molar-refractivity contribution in [3.8, 4) is 5.75 Å². The zero-order valence-electron chi connectivity index (χ0n) is 20.4. The van der Waals surface area contributed by atoms with Crippen LogP contribution in [0.3, 0.4) is 0 Å². The molecular formula is C24H38N4O5S. The molecule has 0 bridgehead atoms. The highest BCUT2D eigenvalue weighted by Gasteiger charge is 2.38. The molecule has 0 saturated carbocycles. The molecule has 9 nitrogen and oxygen atoms in total. The number of likely N-dealkylation sites (tertiary alicyclic amines) is 1. The Morgan fingerprint density at radius 1 is 1.09 bits per heavy atom. The fourth-order valence-corrected chi connectivity index (χ4v) is 6.78. The molecule has 0 aliphatic carbocycles. The van der Waals surface area contributed by atoms with E-state index in [0.29, 0.717) is 37.7 Å². The molecule has 0 unspecified atom stereocenters. The number of hydrogen-bond donors (Lipinski definition) is 2. The SMILES string of the molecule is CC(C)(C)N(C(=O)O)C1CCN(S(=O)(=O)c2cccc(OC3CCN(C4CNC4)CC3)c2)CC1. The van der Waals surface area contributed by atoms with Crippen LogP contribution in [-0.4, -0.2) is 96.7 Å². The van der Waals surface area contributed by atoms with Crippen LogP contribution >= 0.6 is 0 Å². The molecule has 3 heterocycles. The molecule has 2 N–H and O–H groups in total. The third-order valence-corrected chi connectivity index (χ3v) is 9.11. The molecule has 190 valence electrons. The summed E-state index contributed by atoms with van der Waals surface area (Å²) in [5.74, 6) is 0.588. The second-order valence-electron chi connectivity index (χ2n) is 10.6. The predicted molar refractivity (Wildman–Crippen MR) is 130 cm³/mol. The van der Waals surface area contributed by atoms with E-state index in [9.17, 15) is 18.3 Å². The summed E-state index contributed by atoms with van der Waals surface area (Å²) in [4.78, 5) is 16.0. The lowest BCUT2D eigenvalue weighted by molar-refractivity contribution is 0.0523. The highest BCUT2D eigenvalue weighted by atomic mass is 32.2. The molecule has 1 aromatic rings. The summed E-state index contributed by atoms with van der Waals surface area (Å²) in [5.41, 5.74) is -0.534. The van der Waals surface area contributed by atoms with Crippen LogP contribution in [0, 0.1) is 0 Å². The molecule has 0 atom stereocenters. The van der Waals surface area contributed by atoms with Crippen molar-refractivity contribution in [1.29, 1.82) is 0 Å². The number of nitrogens with zero attached hydrogens (tertiary/aromatic N) is 3. The molecule has 0 radical (unpaired) electrons. The summed E-state index contributed by atoms with van der Waals surface area (Å²) < 4.78 is 34.3. The first-order valence-corrected chi connectivity index (χ1v) is 13.7. The van der Waals surface area contributed by atoms with Gasteiger partial charge in [-0.3, -0.25) is 4.90 Å². The van der Waals surface area contributed by atoms with E-state index in [2.05, 4.69) is 10.2 Å². The summed E-state index contributed by atoms with van der Waals surface area (Å²) >= 11 is 0. The monoisotopic (exact) mass is 494 g/mol. The van der Waals surface area contributed by atoms with E-state index in [1.165, 1.54) is 9.21 Å². The fraction of sp³-hybridized carbons (Fsp3) is 0.708. The summed E-state index contributed by atoms with van der Waals surface area (Å²) in [7, 11) is -3.67. The van der Waals surface area contributed by atoms with Gasteiger partial charge in [-0.15, -0.1) is 0 Å². The fourth-order valence-electron chi connectivity index (χ4n) is 5.27. The van der Waals surface area contributed by atoms with E-state index in [0.717, 1.165) is 39.0 Å². The second kappa shape index (κ2) is 10.0. The molecule has 10 heteroatoms. The van der Waals surface area contributed by atoms with Crippen molar-refractivity contribution >= 4 is 16.1 Å². The van der Waals surface area contributed by atoms with Crippen LogP contribution in [0.5, 0.6) is 5.75 Å². The minimum atomic E-state index is -3.67. The van der Waals surface area contributed by atoms with Gasteiger partial charge in [0, 0.05) is 63.0 Å². The average Bonchev–Trinajstić information content (AvgIpc) is 2.73. The van der Waals surface area contributed by atoms with Crippen LogP contribution in [0.2, 0.25) is 0 Å². The minimum Gasteiger partial charge on any atom is -0.490 e. The lowest BCUT2D eigenvalue weighted by Crippen LogP contribution is -2.59. The quantitative estimate of drug-likeness (QED) is 0.626. The molecule has 3 saturated heterocycles. The first-order valence-electron chi connectivity index (χ1n) is 12.3. The molecule has 34 heavy (non-hydrogen) atoms. The molecule has 0 spiro atoms. The summed E-state index contributed by atoms with van der Waals surface area (Å²) in [6.07, 6.45) is 1.97. The Balaban J connectivity index is 1.36. The topological polar surface area (TPSA) is 102 Å².